The van der Waals surface area contributed by atoms with E-state index in [4.69, 9.17) is 4.74 Å². The number of aliphatic carboxylic acids is 1. The molecule has 0 spiro atoms. The number of aromatic nitrogens is 2. The largest absolute Gasteiger partial charge is 0.494 e. The third-order valence-corrected chi connectivity index (χ3v) is 8.15. The molecule has 0 aliphatic heterocycles. The van der Waals surface area contributed by atoms with Gasteiger partial charge in [-0.05, 0) is 48.2 Å². The van der Waals surface area contributed by atoms with Gasteiger partial charge < -0.3 is 15.2 Å². The fourth-order valence-electron chi connectivity index (χ4n) is 4.50. The van der Waals surface area contributed by atoms with Gasteiger partial charge in [0.05, 0.1) is 17.4 Å². The Morgan fingerprint density at radius 1 is 0.886 bits per heavy atom. The van der Waals surface area contributed by atoms with Gasteiger partial charge in [-0.15, -0.1) is 11.3 Å². The van der Waals surface area contributed by atoms with Crippen molar-refractivity contribution in [2.24, 2.45) is 5.92 Å². The number of ether oxygens (including phenoxy) is 1. The van der Waals surface area contributed by atoms with Crippen LogP contribution in [0.2, 0.25) is 0 Å². The number of halogens is 3. The Morgan fingerprint density at radius 3 is 2.16 bits per heavy atom. The number of nitrogens with one attached hydrogen (secondary N) is 1. The van der Waals surface area contributed by atoms with Gasteiger partial charge in [0, 0.05) is 30.1 Å². The van der Waals surface area contributed by atoms with Crippen molar-refractivity contribution >= 4 is 23.2 Å². The number of unbranched alkanes of at least 4 members (excludes halogenated alkanes) is 4. The van der Waals surface area contributed by atoms with Gasteiger partial charge in [0.2, 0.25) is 0 Å². The summed E-state index contributed by atoms with van der Waals surface area (Å²) in [6.07, 6.45) is 5.01. The van der Waals surface area contributed by atoms with Gasteiger partial charge in [-0.25, -0.2) is 9.97 Å². The predicted octanol–water partition coefficient (Wildman–Crippen LogP) is 7.91. The summed E-state index contributed by atoms with van der Waals surface area (Å²) in [7, 11) is 0. The molecular weight excluding hydrogens is 591 g/mol. The summed E-state index contributed by atoms with van der Waals surface area (Å²) in [5, 5.41) is 12.1. The Hall–Kier alpha value is -4.25. The van der Waals surface area contributed by atoms with Crippen molar-refractivity contribution < 1.29 is 32.6 Å². The molecule has 2 N–H and O–H groups in total. The van der Waals surface area contributed by atoms with Crippen molar-refractivity contribution in [1.82, 2.24) is 15.3 Å². The van der Waals surface area contributed by atoms with Crippen molar-refractivity contribution in [3.63, 3.8) is 0 Å². The van der Waals surface area contributed by atoms with Crippen molar-refractivity contribution in [2.45, 2.75) is 51.6 Å². The van der Waals surface area contributed by atoms with E-state index >= 15 is 0 Å². The minimum Gasteiger partial charge on any atom is -0.494 e. The Kier molecular flexibility index (Phi) is 11.5. The molecule has 4 aromatic rings. The maximum Gasteiger partial charge on any atom is 0.425 e. The molecule has 4 rings (SSSR count). The molecule has 0 radical (unpaired) electrons. The number of carboxylic acid groups (broad SMARTS) is 1. The highest BCUT2D eigenvalue weighted by Gasteiger charge is 2.33. The zero-order chi connectivity index (χ0) is 31.5. The highest BCUT2D eigenvalue weighted by atomic mass is 32.1. The number of carbonyl (C=O) groups is 2. The molecule has 2 heterocycles. The van der Waals surface area contributed by atoms with E-state index in [0.29, 0.717) is 29.3 Å². The van der Waals surface area contributed by atoms with Crippen LogP contribution in [0.25, 0.3) is 22.5 Å². The van der Waals surface area contributed by atoms with Gasteiger partial charge in [0.25, 0.3) is 5.91 Å². The first-order valence-electron chi connectivity index (χ1n) is 14.5. The quantitative estimate of drug-likeness (QED) is 0.130. The van der Waals surface area contributed by atoms with Crippen LogP contribution in [0.15, 0.2) is 73.1 Å². The van der Waals surface area contributed by atoms with E-state index in [1.165, 1.54) is 25.7 Å². The molecule has 7 nitrogen and oxygen atoms in total. The lowest BCUT2D eigenvalue weighted by Crippen LogP contribution is -2.33. The van der Waals surface area contributed by atoms with Crippen molar-refractivity contribution in [1.29, 1.82) is 0 Å². The van der Waals surface area contributed by atoms with Crippen LogP contribution < -0.4 is 10.1 Å². The molecule has 2 aromatic heterocycles. The average Bonchev–Trinajstić information content (AvgIpc) is 3.53. The summed E-state index contributed by atoms with van der Waals surface area (Å²) >= 11 is 0.315. The second-order valence-electron chi connectivity index (χ2n) is 10.4. The predicted molar refractivity (Wildman–Crippen MR) is 164 cm³/mol. The number of carbonyl (C=O) groups excluding carboxylic acids is 1. The van der Waals surface area contributed by atoms with Crippen molar-refractivity contribution in [2.75, 3.05) is 13.2 Å². The van der Waals surface area contributed by atoms with Crippen LogP contribution in [-0.4, -0.2) is 40.1 Å². The lowest BCUT2D eigenvalue weighted by atomic mass is 9.98. The van der Waals surface area contributed by atoms with E-state index in [9.17, 15) is 27.9 Å². The Morgan fingerprint density at radius 2 is 1.55 bits per heavy atom. The molecule has 0 bridgehead atoms. The fraction of sp³-hybridized carbons (Fsp3) is 0.333. The number of alkyl halides is 3. The normalized spacial score (nSPS) is 12.1. The number of carboxylic acids is 1. The van der Waals surface area contributed by atoms with Crippen LogP contribution in [0.1, 0.15) is 59.1 Å². The first-order valence-corrected chi connectivity index (χ1v) is 15.3. The zero-order valence-corrected chi connectivity index (χ0v) is 25.1. The summed E-state index contributed by atoms with van der Waals surface area (Å²) in [6.45, 7) is 2.67. The van der Waals surface area contributed by atoms with Crippen LogP contribution in [0.4, 0.5) is 13.2 Å². The second-order valence-corrected chi connectivity index (χ2v) is 11.5. The molecule has 1 atom stereocenters. The molecule has 0 aliphatic rings. The number of amides is 1. The first kappa shape index (κ1) is 32.7. The van der Waals surface area contributed by atoms with Crippen molar-refractivity contribution in [3.8, 4) is 28.3 Å². The smallest absolute Gasteiger partial charge is 0.425 e. The lowest BCUT2D eigenvalue weighted by molar-refractivity contribution is -0.141. The summed E-state index contributed by atoms with van der Waals surface area (Å²) in [5.41, 5.74) is 3.29. The Balaban J connectivity index is 1.29. The van der Waals surface area contributed by atoms with E-state index < -0.39 is 28.8 Å². The molecule has 44 heavy (non-hydrogen) atoms. The third kappa shape index (κ3) is 9.37. The molecule has 232 valence electrons. The Bertz CT molecular complexity index is 1510. The highest BCUT2D eigenvalue weighted by molar-refractivity contribution is 7.14. The molecule has 0 saturated carbocycles. The number of hydrogen-bond acceptors (Lipinski definition) is 6. The maximum absolute atomic E-state index is 12.8. The van der Waals surface area contributed by atoms with Crippen molar-refractivity contribution in [3.05, 3.63) is 88.4 Å². The zero-order valence-electron chi connectivity index (χ0n) is 24.3. The number of rotatable bonds is 15. The highest BCUT2D eigenvalue weighted by Crippen LogP contribution is 2.34. The minimum atomic E-state index is -4.54. The molecule has 0 fully saturated rings. The Labute approximate surface area is 258 Å². The summed E-state index contributed by atoms with van der Waals surface area (Å²) in [4.78, 5) is 32.1. The SMILES string of the molecule is CCCCCCCOc1ccc(-c2cnc(-c3ccc(CC(CNC(=O)c4ccc(C(F)(F)F)s4)C(=O)O)cc3)nc2)cc1. The molecule has 0 saturated heterocycles. The second kappa shape index (κ2) is 15.5. The minimum absolute atomic E-state index is 0.118. The van der Waals surface area contributed by atoms with Crippen LogP contribution in [0.5, 0.6) is 5.75 Å². The number of thiophene rings is 1. The molecule has 1 unspecified atom stereocenters. The maximum atomic E-state index is 12.8. The number of hydrogen-bond donors (Lipinski definition) is 2. The van der Waals surface area contributed by atoms with Gasteiger partial charge in [-0.3, -0.25) is 9.59 Å². The van der Waals surface area contributed by atoms with E-state index in [0.717, 1.165) is 41.0 Å². The average molecular weight is 626 g/mol. The van der Waals surface area contributed by atoms with E-state index in [1.807, 2.05) is 24.3 Å². The van der Waals surface area contributed by atoms with Gasteiger partial charge in [-0.2, -0.15) is 13.2 Å². The van der Waals surface area contributed by atoms with Gasteiger partial charge in [-0.1, -0.05) is 69.0 Å². The van der Waals surface area contributed by atoms with Gasteiger partial charge in [0.15, 0.2) is 5.82 Å². The van der Waals surface area contributed by atoms with Crippen LogP contribution in [0, 0.1) is 5.92 Å². The van der Waals surface area contributed by atoms with E-state index in [2.05, 4.69) is 22.2 Å². The molecule has 2 aromatic carbocycles. The van der Waals surface area contributed by atoms with E-state index in [1.54, 1.807) is 36.7 Å². The summed E-state index contributed by atoms with van der Waals surface area (Å²) < 4.78 is 44.3. The molecule has 1 amide bonds. The monoisotopic (exact) mass is 625 g/mol. The summed E-state index contributed by atoms with van der Waals surface area (Å²) in [6, 6.07) is 16.9. The first-order chi connectivity index (χ1) is 21.1. The van der Waals surface area contributed by atoms with Gasteiger partial charge in [0.1, 0.15) is 10.6 Å². The number of benzene rings is 2. The molecule has 0 aliphatic carbocycles. The third-order valence-electron chi connectivity index (χ3n) is 7.02. The van der Waals surface area contributed by atoms with Gasteiger partial charge >= 0.3 is 12.1 Å². The van der Waals surface area contributed by atoms with Crippen LogP contribution in [0.3, 0.4) is 0 Å². The standard InChI is InChI=1S/C33H34F3N3O4S/c1-2-3-4-5-6-17-43-27-13-11-23(12-14-27)26-20-37-30(38-21-26)24-9-7-22(8-10-24)18-25(32(41)42)19-39-31(40)28-15-16-29(44-28)33(34,35)36/h7-16,20-21,25H,2-6,17-19H2,1H3,(H,39,40)(H,41,42). The van der Waals surface area contributed by atoms with E-state index in [-0.39, 0.29) is 17.8 Å². The number of nitrogens with zero attached hydrogens (tertiary/aromatic N) is 2. The molecular formula is C33H34F3N3O4S. The summed E-state index contributed by atoms with van der Waals surface area (Å²) in [5.74, 6) is -1.50. The lowest BCUT2D eigenvalue weighted by Gasteiger charge is -2.13. The molecule has 11 heteroatoms. The van der Waals surface area contributed by atoms with Crippen LogP contribution in [-0.2, 0) is 17.4 Å². The fourth-order valence-corrected chi connectivity index (χ4v) is 5.29. The topological polar surface area (TPSA) is 101 Å². The van der Waals surface area contributed by atoms with Crippen LogP contribution >= 0.6 is 11.3 Å².